The first-order valence-electron chi connectivity index (χ1n) is 6.25. The highest BCUT2D eigenvalue weighted by atomic mass is 16.5. The van der Waals surface area contributed by atoms with Gasteiger partial charge in [0.05, 0.1) is 0 Å². The predicted molar refractivity (Wildman–Crippen MR) is 74.8 cm³/mol. The second-order valence-electron chi connectivity index (χ2n) is 4.39. The minimum atomic E-state index is -1.11. The van der Waals surface area contributed by atoms with E-state index < -0.39 is 18.0 Å². The zero-order valence-electron chi connectivity index (χ0n) is 11.0. The summed E-state index contributed by atoms with van der Waals surface area (Å²) >= 11 is 0. The van der Waals surface area contributed by atoms with Gasteiger partial charge in [0.15, 0.2) is 6.10 Å². The highest BCUT2D eigenvalue weighted by Crippen LogP contribution is 2.31. The Kier molecular flexibility index (Phi) is 3.89. The van der Waals surface area contributed by atoms with Gasteiger partial charge in [0, 0.05) is 5.39 Å². The van der Waals surface area contributed by atoms with Crippen molar-refractivity contribution in [2.45, 2.75) is 19.4 Å². The van der Waals surface area contributed by atoms with Gasteiger partial charge in [-0.1, -0.05) is 37.3 Å². The van der Waals surface area contributed by atoms with Crippen molar-refractivity contribution in [2.24, 2.45) is 5.73 Å². The molecule has 0 spiro atoms. The fourth-order valence-electron chi connectivity index (χ4n) is 2.02. The number of ether oxygens (including phenoxy) is 1. The number of amides is 1. The van der Waals surface area contributed by atoms with Crippen molar-refractivity contribution >= 4 is 22.6 Å². The van der Waals surface area contributed by atoms with Crippen LogP contribution in [0.4, 0.5) is 0 Å². The standard InChI is InChI=1S/C15H15NO4/c1-2-12(14(16)17)20-13-10-6-4-3-5-9(10)7-8-11(13)15(18)19/h3-8,12H,2H2,1H3,(H2,16,17)(H,18,19). The lowest BCUT2D eigenvalue weighted by Crippen LogP contribution is -2.33. The molecular formula is C15H15NO4. The molecular weight excluding hydrogens is 258 g/mol. The van der Waals surface area contributed by atoms with E-state index in [1.807, 2.05) is 12.1 Å². The first-order chi connectivity index (χ1) is 9.54. The summed E-state index contributed by atoms with van der Waals surface area (Å²) in [5.74, 6) is -1.54. The van der Waals surface area contributed by atoms with Gasteiger partial charge in [0.25, 0.3) is 5.91 Å². The van der Waals surface area contributed by atoms with E-state index in [1.165, 1.54) is 6.07 Å². The van der Waals surface area contributed by atoms with Crippen LogP contribution in [-0.4, -0.2) is 23.1 Å². The number of carboxylic acids is 1. The number of carboxylic acid groups (broad SMARTS) is 1. The van der Waals surface area contributed by atoms with Gasteiger partial charge in [-0.15, -0.1) is 0 Å². The van der Waals surface area contributed by atoms with E-state index in [1.54, 1.807) is 25.1 Å². The molecule has 2 aromatic carbocycles. The molecule has 0 fully saturated rings. The van der Waals surface area contributed by atoms with E-state index >= 15 is 0 Å². The van der Waals surface area contributed by atoms with Crippen molar-refractivity contribution in [2.75, 3.05) is 0 Å². The van der Waals surface area contributed by atoms with Crippen molar-refractivity contribution in [3.05, 3.63) is 42.0 Å². The van der Waals surface area contributed by atoms with Crippen LogP contribution >= 0.6 is 0 Å². The van der Waals surface area contributed by atoms with Gasteiger partial charge < -0.3 is 15.6 Å². The molecule has 0 aliphatic carbocycles. The molecule has 0 aliphatic rings. The fraction of sp³-hybridized carbons (Fsp3) is 0.200. The molecule has 0 radical (unpaired) electrons. The predicted octanol–water partition coefficient (Wildman–Crippen LogP) is 2.18. The smallest absolute Gasteiger partial charge is 0.339 e. The van der Waals surface area contributed by atoms with Crippen LogP contribution in [0, 0.1) is 0 Å². The van der Waals surface area contributed by atoms with Crippen LogP contribution in [-0.2, 0) is 4.79 Å². The average molecular weight is 273 g/mol. The number of benzene rings is 2. The van der Waals surface area contributed by atoms with Crippen molar-refractivity contribution in [1.82, 2.24) is 0 Å². The van der Waals surface area contributed by atoms with Crippen LogP contribution in [0.15, 0.2) is 36.4 Å². The van der Waals surface area contributed by atoms with E-state index in [0.717, 1.165) is 5.39 Å². The average Bonchev–Trinajstić information content (AvgIpc) is 2.43. The Bertz CT molecular complexity index is 666. The molecule has 0 aromatic heterocycles. The van der Waals surface area contributed by atoms with Crippen LogP contribution in [0.2, 0.25) is 0 Å². The van der Waals surface area contributed by atoms with Crippen molar-refractivity contribution < 1.29 is 19.4 Å². The third-order valence-electron chi connectivity index (χ3n) is 3.06. The van der Waals surface area contributed by atoms with E-state index in [2.05, 4.69) is 0 Å². The molecule has 104 valence electrons. The minimum absolute atomic E-state index is 0.0170. The zero-order chi connectivity index (χ0) is 14.7. The van der Waals surface area contributed by atoms with Crippen molar-refractivity contribution in [1.29, 1.82) is 0 Å². The SMILES string of the molecule is CCC(Oc1c(C(=O)O)ccc2ccccc12)C(N)=O. The molecule has 0 aliphatic heterocycles. The first-order valence-corrected chi connectivity index (χ1v) is 6.25. The molecule has 1 amide bonds. The van der Waals surface area contributed by atoms with E-state index in [9.17, 15) is 14.7 Å². The van der Waals surface area contributed by atoms with Gasteiger partial charge in [-0.05, 0) is 17.9 Å². The number of nitrogens with two attached hydrogens (primary N) is 1. The van der Waals surface area contributed by atoms with E-state index in [4.69, 9.17) is 10.5 Å². The maximum atomic E-state index is 11.3. The number of rotatable bonds is 5. The molecule has 20 heavy (non-hydrogen) atoms. The molecule has 2 rings (SSSR count). The molecule has 5 heteroatoms. The normalized spacial score (nSPS) is 12.1. The molecule has 0 bridgehead atoms. The summed E-state index contributed by atoms with van der Waals surface area (Å²) in [7, 11) is 0. The first kappa shape index (κ1) is 13.9. The quantitative estimate of drug-likeness (QED) is 0.873. The molecule has 1 unspecified atom stereocenters. The monoisotopic (exact) mass is 273 g/mol. The van der Waals surface area contributed by atoms with Crippen LogP contribution in [0.25, 0.3) is 10.8 Å². The second-order valence-corrected chi connectivity index (χ2v) is 4.39. The summed E-state index contributed by atoms with van der Waals surface area (Å²) in [4.78, 5) is 22.6. The van der Waals surface area contributed by atoms with Gasteiger partial charge >= 0.3 is 5.97 Å². The lowest BCUT2D eigenvalue weighted by atomic mass is 10.0. The third kappa shape index (κ3) is 2.56. The number of carbonyl (C=O) groups excluding carboxylic acids is 1. The fourth-order valence-corrected chi connectivity index (χ4v) is 2.02. The van der Waals surface area contributed by atoms with Gasteiger partial charge in [0.2, 0.25) is 0 Å². The Hall–Kier alpha value is -2.56. The molecule has 1 atom stereocenters. The number of fused-ring (bicyclic) bond motifs is 1. The molecule has 0 saturated carbocycles. The van der Waals surface area contributed by atoms with Crippen LogP contribution in [0.1, 0.15) is 23.7 Å². The maximum Gasteiger partial charge on any atom is 0.339 e. The molecule has 0 heterocycles. The topological polar surface area (TPSA) is 89.6 Å². The van der Waals surface area contributed by atoms with Crippen molar-refractivity contribution in [3.8, 4) is 5.75 Å². The maximum absolute atomic E-state index is 11.3. The molecule has 5 nitrogen and oxygen atoms in total. The van der Waals surface area contributed by atoms with Crippen molar-refractivity contribution in [3.63, 3.8) is 0 Å². The van der Waals surface area contributed by atoms with E-state index in [0.29, 0.717) is 11.8 Å². The molecule has 0 saturated heterocycles. The summed E-state index contributed by atoms with van der Waals surface area (Å²) in [6, 6.07) is 10.4. The summed E-state index contributed by atoms with van der Waals surface area (Å²) in [5.41, 5.74) is 5.27. The Morgan fingerprint density at radius 1 is 1.25 bits per heavy atom. The largest absolute Gasteiger partial charge is 0.479 e. The summed E-state index contributed by atoms with van der Waals surface area (Å²) in [6.45, 7) is 1.75. The summed E-state index contributed by atoms with van der Waals surface area (Å²) < 4.78 is 5.58. The van der Waals surface area contributed by atoms with Crippen LogP contribution < -0.4 is 10.5 Å². The van der Waals surface area contributed by atoms with Crippen LogP contribution in [0.5, 0.6) is 5.75 Å². The summed E-state index contributed by atoms with van der Waals surface area (Å²) in [6.07, 6.45) is -0.476. The van der Waals surface area contributed by atoms with Crippen LogP contribution in [0.3, 0.4) is 0 Å². The number of hydrogen-bond donors (Lipinski definition) is 2. The Labute approximate surface area is 116 Å². The Morgan fingerprint density at radius 2 is 1.95 bits per heavy atom. The minimum Gasteiger partial charge on any atom is -0.479 e. The Morgan fingerprint density at radius 3 is 2.55 bits per heavy atom. The second kappa shape index (κ2) is 5.61. The third-order valence-corrected chi connectivity index (χ3v) is 3.06. The number of hydrogen-bond acceptors (Lipinski definition) is 3. The van der Waals surface area contributed by atoms with Gasteiger partial charge in [-0.2, -0.15) is 0 Å². The number of carbonyl (C=O) groups is 2. The summed E-state index contributed by atoms with van der Waals surface area (Å²) in [5, 5.41) is 10.7. The highest BCUT2D eigenvalue weighted by molar-refractivity contribution is 6.00. The van der Waals surface area contributed by atoms with E-state index in [-0.39, 0.29) is 11.3 Å². The van der Waals surface area contributed by atoms with Gasteiger partial charge in [-0.3, -0.25) is 4.79 Å². The molecule has 2 aromatic rings. The lowest BCUT2D eigenvalue weighted by molar-refractivity contribution is -0.124. The van der Waals surface area contributed by atoms with Gasteiger partial charge in [0.1, 0.15) is 11.3 Å². The Balaban J connectivity index is 2.60. The van der Waals surface area contributed by atoms with Gasteiger partial charge in [-0.25, -0.2) is 4.79 Å². The zero-order valence-corrected chi connectivity index (χ0v) is 11.0. The highest BCUT2D eigenvalue weighted by Gasteiger charge is 2.21. The number of aromatic carboxylic acids is 1. The molecule has 3 N–H and O–H groups in total. The number of primary amides is 1. The lowest BCUT2D eigenvalue weighted by Gasteiger charge is -2.17.